The van der Waals surface area contributed by atoms with E-state index in [0.29, 0.717) is 22.8 Å². The number of allylic oxidation sites excluding steroid dienone is 2. The Morgan fingerprint density at radius 3 is 2.12 bits per heavy atom. The third kappa shape index (κ3) is 6.28. The molecule has 0 bridgehead atoms. The fraction of sp³-hybridized carbons (Fsp3) is 0.792. The molecule has 0 fully saturated rings. The fourth-order valence-electron chi connectivity index (χ4n) is 3.43. The van der Waals surface area contributed by atoms with Gasteiger partial charge in [-0.2, -0.15) is 0 Å². The van der Waals surface area contributed by atoms with Crippen molar-refractivity contribution in [1.82, 2.24) is 0 Å². The first kappa shape index (κ1) is 23.0. The van der Waals surface area contributed by atoms with Crippen LogP contribution in [0.3, 0.4) is 0 Å². The molecule has 0 saturated heterocycles. The second kappa shape index (κ2) is 8.31. The molecule has 2 heteroatoms. The van der Waals surface area contributed by atoms with Crippen LogP contribution in [-0.4, -0.2) is 11.6 Å². The number of ether oxygens (including phenoxy) is 1. The molecule has 1 aliphatic rings. The molecule has 2 nitrogen and oxygen atoms in total. The zero-order valence-electron chi connectivity index (χ0n) is 18.9. The minimum atomic E-state index is -0.443. The molecule has 2 atom stereocenters. The third-order valence-corrected chi connectivity index (χ3v) is 6.38. The summed E-state index contributed by atoms with van der Waals surface area (Å²) in [6, 6.07) is 0. The first-order valence-electron chi connectivity index (χ1n) is 10.3. The molecule has 1 aliphatic carbocycles. The maximum Gasteiger partial charge on any atom is 0.338 e. The van der Waals surface area contributed by atoms with E-state index in [2.05, 4.69) is 67.5 Å². The second-order valence-corrected chi connectivity index (χ2v) is 10.8. The van der Waals surface area contributed by atoms with Gasteiger partial charge in [0, 0.05) is 0 Å². The monoisotopic (exact) mass is 362 g/mol. The molecule has 0 N–H and O–H groups in total. The summed E-state index contributed by atoms with van der Waals surface area (Å²) in [6.07, 6.45) is 9.62. The number of hydrogen-bond acceptors (Lipinski definition) is 2. The number of carbonyl (C=O) groups is 1. The normalized spacial score (nSPS) is 20.1. The fourth-order valence-corrected chi connectivity index (χ4v) is 3.43. The average Bonchev–Trinajstić information content (AvgIpc) is 2.51. The quantitative estimate of drug-likeness (QED) is 0.458. The molecular weight excluding hydrogens is 320 g/mol. The molecule has 0 aromatic heterocycles. The molecule has 26 heavy (non-hydrogen) atoms. The van der Waals surface area contributed by atoms with Crippen molar-refractivity contribution in [3.05, 3.63) is 23.8 Å². The van der Waals surface area contributed by atoms with Crippen molar-refractivity contribution in [1.29, 1.82) is 0 Å². The van der Waals surface area contributed by atoms with Crippen LogP contribution in [0.4, 0.5) is 0 Å². The average molecular weight is 363 g/mol. The van der Waals surface area contributed by atoms with Gasteiger partial charge < -0.3 is 4.74 Å². The van der Waals surface area contributed by atoms with Gasteiger partial charge in [0.2, 0.25) is 0 Å². The Kier molecular flexibility index (Phi) is 7.35. The largest absolute Gasteiger partial charge is 0.456 e. The van der Waals surface area contributed by atoms with Crippen molar-refractivity contribution in [2.24, 2.45) is 28.6 Å². The SMILES string of the molecule is CCC(C)(C)C(CC(C)(C)C)C1C=CC(C(=O)OC(C)(C)C(C)C)=CC1. The maximum absolute atomic E-state index is 12.5. The van der Waals surface area contributed by atoms with Gasteiger partial charge in [-0.1, -0.05) is 80.0 Å². The summed E-state index contributed by atoms with van der Waals surface area (Å²) >= 11 is 0. The highest BCUT2D eigenvalue weighted by Gasteiger charge is 2.37. The summed E-state index contributed by atoms with van der Waals surface area (Å²) in [6.45, 7) is 22.2. The van der Waals surface area contributed by atoms with Gasteiger partial charge in [-0.15, -0.1) is 0 Å². The lowest BCUT2D eigenvalue weighted by Crippen LogP contribution is -2.35. The van der Waals surface area contributed by atoms with Gasteiger partial charge in [0.25, 0.3) is 0 Å². The summed E-state index contributed by atoms with van der Waals surface area (Å²) in [4.78, 5) is 12.5. The van der Waals surface area contributed by atoms with E-state index >= 15 is 0 Å². The zero-order valence-corrected chi connectivity index (χ0v) is 18.9. The summed E-state index contributed by atoms with van der Waals surface area (Å²) < 4.78 is 5.75. The van der Waals surface area contributed by atoms with E-state index in [1.807, 2.05) is 19.9 Å². The van der Waals surface area contributed by atoms with Crippen LogP contribution < -0.4 is 0 Å². The van der Waals surface area contributed by atoms with Gasteiger partial charge in [-0.25, -0.2) is 4.79 Å². The Morgan fingerprint density at radius 2 is 1.73 bits per heavy atom. The number of rotatable bonds is 7. The van der Waals surface area contributed by atoms with Gasteiger partial charge in [-0.05, 0) is 55.3 Å². The molecule has 0 aromatic carbocycles. The van der Waals surface area contributed by atoms with Crippen molar-refractivity contribution in [2.75, 3.05) is 0 Å². The summed E-state index contributed by atoms with van der Waals surface area (Å²) in [7, 11) is 0. The van der Waals surface area contributed by atoms with Gasteiger partial charge in [0.1, 0.15) is 5.60 Å². The summed E-state index contributed by atoms with van der Waals surface area (Å²) in [5.41, 5.74) is 0.851. The number of carbonyl (C=O) groups excluding carboxylic acids is 1. The predicted octanol–water partition coefficient (Wildman–Crippen LogP) is 6.96. The molecule has 150 valence electrons. The van der Waals surface area contributed by atoms with E-state index in [-0.39, 0.29) is 17.3 Å². The molecule has 0 radical (unpaired) electrons. The van der Waals surface area contributed by atoms with Crippen molar-refractivity contribution in [2.45, 2.75) is 94.1 Å². The molecule has 0 amide bonds. The number of hydrogen-bond donors (Lipinski definition) is 0. The molecule has 1 rings (SSSR count). The van der Waals surface area contributed by atoms with E-state index in [1.165, 1.54) is 12.8 Å². The first-order valence-corrected chi connectivity index (χ1v) is 10.3. The minimum Gasteiger partial charge on any atom is -0.456 e. The minimum absolute atomic E-state index is 0.194. The van der Waals surface area contributed by atoms with Gasteiger partial charge in [0.05, 0.1) is 5.57 Å². The third-order valence-electron chi connectivity index (χ3n) is 6.38. The van der Waals surface area contributed by atoms with Crippen LogP contribution in [0.25, 0.3) is 0 Å². The molecule has 0 saturated carbocycles. The van der Waals surface area contributed by atoms with E-state index in [4.69, 9.17) is 4.74 Å². The molecule has 2 unspecified atom stereocenters. The molecular formula is C24H42O2. The lowest BCUT2D eigenvalue weighted by molar-refractivity contribution is -0.155. The summed E-state index contributed by atoms with van der Waals surface area (Å²) in [5.74, 6) is 1.18. The van der Waals surface area contributed by atoms with Crippen molar-refractivity contribution >= 4 is 5.97 Å². The Labute approximate surface area is 162 Å². The van der Waals surface area contributed by atoms with E-state index in [9.17, 15) is 4.79 Å². The lowest BCUT2D eigenvalue weighted by atomic mass is 9.63. The molecule has 0 spiro atoms. The summed E-state index contributed by atoms with van der Waals surface area (Å²) in [5, 5.41) is 0. The van der Waals surface area contributed by atoms with Crippen LogP contribution in [0.15, 0.2) is 23.8 Å². The van der Waals surface area contributed by atoms with Crippen molar-refractivity contribution < 1.29 is 9.53 Å². The second-order valence-electron chi connectivity index (χ2n) is 10.8. The topological polar surface area (TPSA) is 26.3 Å². The Morgan fingerprint density at radius 1 is 1.15 bits per heavy atom. The predicted molar refractivity (Wildman–Crippen MR) is 112 cm³/mol. The van der Waals surface area contributed by atoms with Gasteiger partial charge in [0.15, 0.2) is 0 Å². The van der Waals surface area contributed by atoms with E-state index < -0.39 is 5.60 Å². The van der Waals surface area contributed by atoms with Crippen molar-refractivity contribution in [3.63, 3.8) is 0 Å². The van der Waals surface area contributed by atoms with Crippen LogP contribution >= 0.6 is 0 Å². The highest BCUT2D eigenvalue weighted by molar-refractivity contribution is 5.92. The molecule has 0 heterocycles. The van der Waals surface area contributed by atoms with E-state index in [1.54, 1.807) is 0 Å². The van der Waals surface area contributed by atoms with Crippen molar-refractivity contribution in [3.8, 4) is 0 Å². The van der Waals surface area contributed by atoms with Crippen LogP contribution in [-0.2, 0) is 9.53 Å². The number of esters is 1. The van der Waals surface area contributed by atoms with Crippen LogP contribution in [0.2, 0.25) is 0 Å². The zero-order chi connectivity index (χ0) is 20.3. The Balaban J connectivity index is 2.89. The maximum atomic E-state index is 12.5. The Bertz CT molecular complexity index is 541. The van der Waals surface area contributed by atoms with Gasteiger partial charge in [-0.3, -0.25) is 0 Å². The lowest BCUT2D eigenvalue weighted by Gasteiger charge is -2.42. The highest BCUT2D eigenvalue weighted by Crippen LogP contribution is 2.45. The smallest absolute Gasteiger partial charge is 0.338 e. The van der Waals surface area contributed by atoms with Gasteiger partial charge >= 0.3 is 5.97 Å². The van der Waals surface area contributed by atoms with Crippen LogP contribution in [0.5, 0.6) is 0 Å². The first-order chi connectivity index (χ1) is 11.7. The standard InChI is InChI=1S/C24H42O2/c1-11-23(7,8)20(16-22(4,5)6)18-12-14-19(15-13-18)21(25)26-24(9,10)17(2)3/h12,14-15,17-18,20H,11,13,16H2,1-10H3. The van der Waals surface area contributed by atoms with E-state index in [0.717, 1.165) is 6.42 Å². The molecule has 0 aliphatic heterocycles. The molecule has 0 aromatic rings. The van der Waals surface area contributed by atoms with Crippen LogP contribution in [0, 0.1) is 28.6 Å². The Hall–Kier alpha value is -1.05. The van der Waals surface area contributed by atoms with Crippen LogP contribution in [0.1, 0.15) is 88.5 Å². The highest BCUT2D eigenvalue weighted by atomic mass is 16.6.